The molecule has 1 N–H and O–H groups in total. The molecule has 1 aromatic heterocycles. The van der Waals surface area contributed by atoms with Gasteiger partial charge < -0.3 is 4.42 Å². The van der Waals surface area contributed by atoms with E-state index < -0.39 is 10.0 Å². The maximum absolute atomic E-state index is 12.8. The Labute approximate surface area is 176 Å². The van der Waals surface area contributed by atoms with Crippen molar-refractivity contribution < 1.29 is 12.8 Å². The van der Waals surface area contributed by atoms with Crippen molar-refractivity contribution in [3.05, 3.63) is 102 Å². The molecule has 0 atom stereocenters. The first kappa shape index (κ1) is 19.9. The number of sulfonamides is 1. The van der Waals surface area contributed by atoms with Gasteiger partial charge in [0.05, 0.1) is 4.90 Å². The molecule has 30 heavy (non-hydrogen) atoms. The van der Waals surface area contributed by atoms with Crippen LogP contribution in [-0.4, -0.2) is 13.4 Å². The number of nitrogens with one attached hydrogen (secondary N) is 1. The quantitative estimate of drug-likeness (QED) is 0.420. The van der Waals surface area contributed by atoms with Crippen molar-refractivity contribution in [1.29, 1.82) is 0 Å². The fourth-order valence-electron chi connectivity index (χ4n) is 3.20. The maximum atomic E-state index is 12.8. The van der Waals surface area contributed by atoms with Gasteiger partial charge in [0, 0.05) is 12.0 Å². The van der Waals surface area contributed by atoms with Gasteiger partial charge in [-0.2, -0.15) is 4.98 Å². The summed E-state index contributed by atoms with van der Waals surface area (Å²) in [6.07, 6.45) is 2.36. The van der Waals surface area contributed by atoms with Crippen molar-refractivity contribution in [3.63, 3.8) is 0 Å². The monoisotopic (exact) mass is 418 g/mol. The zero-order valence-corrected chi connectivity index (χ0v) is 17.2. The molecule has 4 rings (SSSR count). The number of hydrogen-bond donors (Lipinski definition) is 1. The summed E-state index contributed by atoms with van der Waals surface area (Å²) in [7, 11) is -3.77. The number of aryl methyl sites for hydroxylation is 2. The van der Waals surface area contributed by atoms with Crippen LogP contribution in [0, 0.1) is 0 Å². The van der Waals surface area contributed by atoms with E-state index in [9.17, 15) is 8.42 Å². The van der Waals surface area contributed by atoms with E-state index in [-0.39, 0.29) is 10.7 Å². The van der Waals surface area contributed by atoms with E-state index in [4.69, 9.17) is 4.42 Å². The molecule has 6 heteroatoms. The standard InChI is InChI=1S/C24H22N2O3S/c27-30(28,21-16-8-3-9-17-21)26-24-23(20-14-6-2-7-15-20)29-22(25-24)18-10-13-19-11-4-1-5-12-19/h1-9,11-12,14-17,26H,10,13,18H2. The lowest BCUT2D eigenvalue weighted by atomic mass is 10.1. The van der Waals surface area contributed by atoms with Crippen molar-refractivity contribution in [2.24, 2.45) is 0 Å². The third-order valence-corrected chi connectivity index (χ3v) is 6.05. The summed E-state index contributed by atoms with van der Waals surface area (Å²) in [6, 6.07) is 27.8. The average Bonchev–Trinajstić information content (AvgIpc) is 3.17. The minimum absolute atomic E-state index is 0.178. The van der Waals surface area contributed by atoms with Gasteiger partial charge in [0.1, 0.15) is 0 Å². The summed E-state index contributed by atoms with van der Waals surface area (Å²) >= 11 is 0. The van der Waals surface area contributed by atoms with E-state index >= 15 is 0 Å². The molecule has 0 aliphatic heterocycles. The number of aromatic nitrogens is 1. The highest BCUT2D eigenvalue weighted by molar-refractivity contribution is 7.92. The lowest BCUT2D eigenvalue weighted by molar-refractivity contribution is 0.498. The molecule has 3 aromatic carbocycles. The van der Waals surface area contributed by atoms with Crippen molar-refractivity contribution in [2.75, 3.05) is 4.72 Å². The largest absolute Gasteiger partial charge is 0.438 e. The minimum atomic E-state index is -3.77. The number of benzene rings is 3. The molecule has 0 amide bonds. The lowest BCUT2D eigenvalue weighted by Gasteiger charge is -2.06. The zero-order chi connectivity index (χ0) is 20.8. The first-order valence-corrected chi connectivity index (χ1v) is 11.3. The molecule has 0 fully saturated rings. The van der Waals surface area contributed by atoms with Crippen LogP contribution in [0.5, 0.6) is 0 Å². The van der Waals surface area contributed by atoms with Crippen LogP contribution < -0.4 is 4.72 Å². The van der Waals surface area contributed by atoms with Crippen molar-refractivity contribution >= 4 is 15.8 Å². The van der Waals surface area contributed by atoms with Crippen molar-refractivity contribution in [1.82, 2.24) is 4.98 Å². The SMILES string of the molecule is O=S(=O)(Nc1nc(CCCc2ccccc2)oc1-c1ccccc1)c1ccccc1. The third-order valence-electron chi connectivity index (χ3n) is 4.69. The topological polar surface area (TPSA) is 72.2 Å². The highest BCUT2D eigenvalue weighted by Crippen LogP contribution is 2.31. The van der Waals surface area contributed by atoms with Crippen LogP contribution in [0.2, 0.25) is 0 Å². The summed E-state index contributed by atoms with van der Waals surface area (Å²) in [5.74, 6) is 1.14. The fraction of sp³-hybridized carbons (Fsp3) is 0.125. The molecule has 0 aliphatic carbocycles. The molecule has 0 saturated carbocycles. The van der Waals surface area contributed by atoms with E-state index in [0.29, 0.717) is 18.1 Å². The minimum Gasteiger partial charge on any atom is -0.438 e. The molecule has 1 heterocycles. The van der Waals surface area contributed by atoms with Gasteiger partial charge in [0.2, 0.25) is 0 Å². The van der Waals surface area contributed by atoms with Gasteiger partial charge in [-0.25, -0.2) is 8.42 Å². The predicted octanol–water partition coefficient (Wildman–Crippen LogP) is 5.32. The van der Waals surface area contributed by atoms with E-state index in [1.165, 1.54) is 5.56 Å². The number of anilines is 1. The van der Waals surface area contributed by atoms with Crippen LogP contribution in [0.4, 0.5) is 5.82 Å². The van der Waals surface area contributed by atoms with Gasteiger partial charge in [-0.3, -0.25) is 4.72 Å². The van der Waals surface area contributed by atoms with E-state index in [2.05, 4.69) is 21.8 Å². The van der Waals surface area contributed by atoms with E-state index in [1.807, 2.05) is 48.5 Å². The first-order chi connectivity index (χ1) is 14.6. The number of oxazole rings is 1. The molecule has 5 nitrogen and oxygen atoms in total. The molecule has 0 unspecified atom stereocenters. The lowest BCUT2D eigenvalue weighted by Crippen LogP contribution is -2.13. The first-order valence-electron chi connectivity index (χ1n) is 9.79. The molecule has 0 spiro atoms. The molecule has 4 aromatic rings. The summed E-state index contributed by atoms with van der Waals surface area (Å²) in [5.41, 5.74) is 2.02. The summed E-state index contributed by atoms with van der Waals surface area (Å²) in [5, 5.41) is 0. The smallest absolute Gasteiger partial charge is 0.263 e. The predicted molar refractivity (Wildman–Crippen MR) is 118 cm³/mol. The molecule has 0 aliphatic rings. The van der Waals surface area contributed by atoms with Crippen molar-refractivity contribution in [3.8, 4) is 11.3 Å². The molecular weight excluding hydrogens is 396 g/mol. The molecule has 0 radical (unpaired) electrons. The van der Waals surface area contributed by atoms with Crippen LogP contribution in [0.15, 0.2) is 100 Å². The Balaban J connectivity index is 1.58. The Morgan fingerprint density at radius 2 is 1.37 bits per heavy atom. The van der Waals surface area contributed by atoms with Gasteiger partial charge in [0.25, 0.3) is 10.0 Å². The molecular formula is C24H22N2O3S. The van der Waals surface area contributed by atoms with Crippen molar-refractivity contribution in [2.45, 2.75) is 24.2 Å². The van der Waals surface area contributed by atoms with Gasteiger partial charge in [0.15, 0.2) is 17.5 Å². The van der Waals surface area contributed by atoms with Crippen LogP contribution >= 0.6 is 0 Å². The summed E-state index contributed by atoms with van der Waals surface area (Å²) in [4.78, 5) is 4.65. The Hall–Kier alpha value is -3.38. The Morgan fingerprint density at radius 1 is 0.767 bits per heavy atom. The molecule has 152 valence electrons. The number of rotatable bonds is 8. The Kier molecular flexibility index (Phi) is 5.95. The second-order valence-corrected chi connectivity index (χ2v) is 8.59. The maximum Gasteiger partial charge on any atom is 0.263 e. The number of hydrogen-bond acceptors (Lipinski definition) is 4. The summed E-state index contributed by atoms with van der Waals surface area (Å²) in [6.45, 7) is 0. The van der Waals surface area contributed by atoms with Gasteiger partial charge in [-0.15, -0.1) is 0 Å². The van der Waals surface area contributed by atoms with Gasteiger partial charge in [-0.05, 0) is 30.5 Å². The summed E-state index contributed by atoms with van der Waals surface area (Å²) < 4.78 is 34.2. The third kappa shape index (κ3) is 4.78. The normalized spacial score (nSPS) is 11.3. The highest BCUT2D eigenvalue weighted by atomic mass is 32.2. The van der Waals surface area contributed by atoms with E-state index in [1.54, 1.807) is 30.3 Å². The van der Waals surface area contributed by atoms with Crippen LogP contribution in [-0.2, 0) is 22.9 Å². The second kappa shape index (κ2) is 8.97. The zero-order valence-electron chi connectivity index (χ0n) is 16.4. The Bertz CT molecular complexity index is 1190. The second-order valence-electron chi connectivity index (χ2n) is 6.91. The average molecular weight is 419 g/mol. The van der Waals surface area contributed by atoms with Crippen LogP contribution in [0.3, 0.4) is 0 Å². The molecule has 0 bridgehead atoms. The van der Waals surface area contributed by atoms with Gasteiger partial charge >= 0.3 is 0 Å². The molecule has 0 saturated heterocycles. The Morgan fingerprint density at radius 3 is 2.03 bits per heavy atom. The van der Waals surface area contributed by atoms with Crippen LogP contribution in [0.25, 0.3) is 11.3 Å². The van der Waals surface area contributed by atoms with Gasteiger partial charge in [-0.1, -0.05) is 78.9 Å². The van der Waals surface area contributed by atoms with Crippen LogP contribution in [0.1, 0.15) is 17.9 Å². The highest BCUT2D eigenvalue weighted by Gasteiger charge is 2.21. The number of nitrogens with zero attached hydrogens (tertiary/aromatic N) is 1. The van der Waals surface area contributed by atoms with E-state index in [0.717, 1.165) is 18.4 Å². The fourth-order valence-corrected chi connectivity index (χ4v) is 4.23.